The van der Waals surface area contributed by atoms with Gasteiger partial charge in [-0.1, -0.05) is 41.7 Å². The topological polar surface area (TPSA) is 55.4 Å². The summed E-state index contributed by atoms with van der Waals surface area (Å²) in [6.45, 7) is 0. The number of esters is 1. The number of benzene rings is 1. The number of para-hydroxylation sites is 1. The van der Waals surface area contributed by atoms with Crippen LogP contribution in [0.15, 0.2) is 51.0 Å². The van der Waals surface area contributed by atoms with E-state index < -0.39 is 11.9 Å². The summed E-state index contributed by atoms with van der Waals surface area (Å²) in [5.74, 6) is -1.09. The van der Waals surface area contributed by atoms with Gasteiger partial charge in [0, 0.05) is 5.69 Å². The molecule has 0 atom stereocenters. The van der Waals surface area contributed by atoms with E-state index in [0.29, 0.717) is 9.92 Å². The molecule has 1 aliphatic rings. The number of carbonyl (C=O) groups is 2. The van der Waals surface area contributed by atoms with Crippen molar-refractivity contribution in [2.45, 2.75) is 0 Å². The number of ether oxygens (including phenoxy) is 1. The standard InChI is InChI=1S/C13H11NO3S2/c1-17-12(16)10(13-18-7-8-19-13)11(15)14-9-5-3-2-4-6-9/h2-8H,1H3,(H,14,15). The smallest absolute Gasteiger partial charge is 0.345 e. The lowest BCUT2D eigenvalue weighted by Gasteiger charge is -2.09. The number of carbonyl (C=O) groups excluding carboxylic acids is 2. The summed E-state index contributed by atoms with van der Waals surface area (Å²) in [6, 6.07) is 8.97. The summed E-state index contributed by atoms with van der Waals surface area (Å²) in [5.41, 5.74) is 0.668. The molecule has 1 N–H and O–H groups in total. The molecule has 1 heterocycles. The molecule has 0 saturated carbocycles. The van der Waals surface area contributed by atoms with Crippen LogP contribution in [0.1, 0.15) is 0 Å². The van der Waals surface area contributed by atoms with Crippen LogP contribution in [0.25, 0.3) is 0 Å². The molecule has 1 aromatic carbocycles. The van der Waals surface area contributed by atoms with Crippen LogP contribution in [0, 0.1) is 0 Å². The first-order valence-electron chi connectivity index (χ1n) is 5.39. The molecule has 6 heteroatoms. The summed E-state index contributed by atoms with van der Waals surface area (Å²) in [6.07, 6.45) is 0. The van der Waals surface area contributed by atoms with E-state index in [4.69, 9.17) is 0 Å². The highest BCUT2D eigenvalue weighted by Gasteiger charge is 2.25. The van der Waals surface area contributed by atoms with E-state index in [9.17, 15) is 9.59 Å². The zero-order valence-electron chi connectivity index (χ0n) is 10.1. The SMILES string of the molecule is COC(=O)C(C(=O)Nc1ccccc1)=C1SC=CS1. The second kappa shape index (κ2) is 6.49. The fourth-order valence-electron chi connectivity index (χ4n) is 1.41. The highest BCUT2D eigenvalue weighted by atomic mass is 32.2. The Labute approximate surface area is 119 Å². The Morgan fingerprint density at radius 3 is 2.32 bits per heavy atom. The monoisotopic (exact) mass is 293 g/mol. The fraction of sp³-hybridized carbons (Fsp3) is 0.0769. The van der Waals surface area contributed by atoms with Crippen molar-refractivity contribution in [2.24, 2.45) is 0 Å². The molecule has 0 spiro atoms. The average Bonchev–Trinajstić information content (AvgIpc) is 2.93. The number of amides is 1. The van der Waals surface area contributed by atoms with Gasteiger partial charge >= 0.3 is 5.97 Å². The molecule has 1 amide bonds. The number of anilines is 1. The maximum atomic E-state index is 12.2. The molecule has 0 unspecified atom stereocenters. The van der Waals surface area contributed by atoms with Crippen LogP contribution in [0.4, 0.5) is 5.69 Å². The van der Waals surface area contributed by atoms with Crippen molar-refractivity contribution < 1.29 is 14.3 Å². The van der Waals surface area contributed by atoms with Crippen LogP contribution in [0.2, 0.25) is 0 Å². The van der Waals surface area contributed by atoms with Crippen LogP contribution in [0.3, 0.4) is 0 Å². The third kappa shape index (κ3) is 3.42. The Bertz CT molecular complexity index is 542. The van der Waals surface area contributed by atoms with Crippen molar-refractivity contribution in [1.29, 1.82) is 0 Å². The minimum atomic E-state index is -0.632. The van der Waals surface area contributed by atoms with Crippen molar-refractivity contribution in [3.63, 3.8) is 0 Å². The van der Waals surface area contributed by atoms with Gasteiger partial charge in [0.15, 0.2) is 0 Å². The molecule has 0 aliphatic carbocycles. The molecule has 0 saturated heterocycles. The number of rotatable bonds is 3. The molecular formula is C13H11NO3S2. The highest BCUT2D eigenvalue weighted by molar-refractivity contribution is 8.27. The Hall–Kier alpha value is -1.66. The normalized spacial score (nSPS) is 13.2. The van der Waals surface area contributed by atoms with Gasteiger partial charge in [0.05, 0.1) is 11.3 Å². The van der Waals surface area contributed by atoms with Gasteiger partial charge in [-0.3, -0.25) is 4.79 Å². The summed E-state index contributed by atoms with van der Waals surface area (Å²) < 4.78 is 5.30. The third-order valence-electron chi connectivity index (χ3n) is 2.26. The summed E-state index contributed by atoms with van der Waals surface area (Å²) in [5, 5.41) is 6.32. The van der Waals surface area contributed by atoms with E-state index in [-0.39, 0.29) is 5.57 Å². The number of hydrogen-bond acceptors (Lipinski definition) is 5. The zero-order valence-corrected chi connectivity index (χ0v) is 11.7. The first-order chi connectivity index (χ1) is 9.22. The molecule has 2 rings (SSSR count). The van der Waals surface area contributed by atoms with Gasteiger partial charge in [0.25, 0.3) is 5.91 Å². The molecule has 0 fully saturated rings. The Morgan fingerprint density at radius 2 is 1.74 bits per heavy atom. The molecule has 4 nitrogen and oxygen atoms in total. The Morgan fingerprint density at radius 1 is 1.11 bits per heavy atom. The molecule has 1 aromatic rings. The van der Waals surface area contributed by atoms with Gasteiger partial charge in [-0.2, -0.15) is 0 Å². The quantitative estimate of drug-likeness (QED) is 0.402. The highest BCUT2D eigenvalue weighted by Crippen LogP contribution is 2.40. The molecule has 1 aliphatic heterocycles. The first kappa shape index (κ1) is 13.8. The number of thioether (sulfide) groups is 2. The average molecular weight is 293 g/mol. The van der Waals surface area contributed by atoms with E-state index >= 15 is 0 Å². The molecular weight excluding hydrogens is 282 g/mol. The summed E-state index contributed by atoms with van der Waals surface area (Å²) in [7, 11) is 1.26. The van der Waals surface area contributed by atoms with Gasteiger partial charge in [-0.25, -0.2) is 4.79 Å². The van der Waals surface area contributed by atoms with Crippen molar-refractivity contribution in [3.8, 4) is 0 Å². The first-order valence-corrected chi connectivity index (χ1v) is 7.15. The van der Waals surface area contributed by atoms with Crippen LogP contribution in [0.5, 0.6) is 0 Å². The van der Waals surface area contributed by atoms with Crippen LogP contribution < -0.4 is 5.32 Å². The maximum absolute atomic E-state index is 12.2. The lowest BCUT2D eigenvalue weighted by atomic mass is 10.2. The van der Waals surface area contributed by atoms with Gasteiger partial charge in [-0.15, -0.1) is 0 Å². The molecule has 19 heavy (non-hydrogen) atoms. The Balaban J connectivity index is 2.22. The van der Waals surface area contributed by atoms with Gasteiger partial charge in [0.2, 0.25) is 0 Å². The predicted octanol–water partition coefficient (Wildman–Crippen LogP) is 2.96. The lowest BCUT2D eigenvalue weighted by Crippen LogP contribution is -2.22. The fourth-order valence-corrected chi connectivity index (χ4v) is 3.25. The van der Waals surface area contributed by atoms with E-state index in [2.05, 4.69) is 10.1 Å². The van der Waals surface area contributed by atoms with Crippen molar-refractivity contribution in [2.75, 3.05) is 12.4 Å². The van der Waals surface area contributed by atoms with Crippen LogP contribution in [-0.4, -0.2) is 19.0 Å². The van der Waals surface area contributed by atoms with Crippen molar-refractivity contribution in [1.82, 2.24) is 0 Å². The van der Waals surface area contributed by atoms with Crippen molar-refractivity contribution in [3.05, 3.63) is 51.0 Å². The lowest BCUT2D eigenvalue weighted by molar-refractivity contribution is -0.137. The third-order valence-corrected chi connectivity index (χ3v) is 4.39. The predicted molar refractivity (Wildman–Crippen MR) is 78.4 cm³/mol. The molecule has 0 radical (unpaired) electrons. The van der Waals surface area contributed by atoms with Gasteiger partial charge in [-0.05, 0) is 22.9 Å². The van der Waals surface area contributed by atoms with Crippen LogP contribution >= 0.6 is 23.5 Å². The number of hydrogen-bond donors (Lipinski definition) is 1. The second-order valence-corrected chi connectivity index (χ2v) is 5.57. The minimum Gasteiger partial charge on any atom is -0.465 e. The number of nitrogens with one attached hydrogen (secondary N) is 1. The van der Waals surface area contributed by atoms with E-state index in [0.717, 1.165) is 0 Å². The Kier molecular flexibility index (Phi) is 4.70. The molecule has 0 bridgehead atoms. The van der Waals surface area contributed by atoms with Crippen LogP contribution in [-0.2, 0) is 14.3 Å². The summed E-state index contributed by atoms with van der Waals surface area (Å²) in [4.78, 5) is 23.9. The van der Waals surface area contributed by atoms with E-state index in [1.165, 1.54) is 30.6 Å². The van der Waals surface area contributed by atoms with E-state index in [1.54, 1.807) is 24.3 Å². The van der Waals surface area contributed by atoms with Gasteiger partial charge in [0.1, 0.15) is 5.57 Å². The molecule has 98 valence electrons. The summed E-state index contributed by atoms with van der Waals surface area (Å²) >= 11 is 2.67. The second-order valence-electron chi connectivity index (χ2n) is 3.48. The van der Waals surface area contributed by atoms with Crippen molar-refractivity contribution >= 4 is 41.1 Å². The van der Waals surface area contributed by atoms with Gasteiger partial charge < -0.3 is 10.1 Å². The zero-order chi connectivity index (χ0) is 13.7. The maximum Gasteiger partial charge on any atom is 0.345 e. The largest absolute Gasteiger partial charge is 0.465 e. The van der Waals surface area contributed by atoms with E-state index in [1.807, 2.05) is 16.9 Å². The minimum absolute atomic E-state index is 0.0337. The number of methoxy groups -OCH3 is 1. The molecule has 0 aromatic heterocycles.